The lowest BCUT2D eigenvalue weighted by Gasteiger charge is -2.18. The van der Waals surface area contributed by atoms with Gasteiger partial charge in [-0.05, 0) is 31.2 Å². The van der Waals surface area contributed by atoms with Crippen molar-refractivity contribution in [3.05, 3.63) is 65.5 Å². The summed E-state index contributed by atoms with van der Waals surface area (Å²) in [5, 5.41) is 5.13. The second-order valence-electron chi connectivity index (χ2n) is 7.40. The van der Waals surface area contributed by atoms with E-state index in [1.165, 1.54) is 20.4 Å². The third kappa shape index (κ3) is 2.93. The number of para-hydroxylation sites is 2. The molecule has 0 bridgehead atoms. The number of carbonyl (C=O) groups is 2. The number of carbonyl (C=O) groups excluding carboxylic acids is 2. The number of amides is 2. The molecule has 33 heavy (non-hydrogen) atoms. The van der Waals surface area contributed by atoms with Crippen LogP contribution in [0.3, 0.4) is 0 Å². The molecule has 0 fully saturated rings. The highest BCUT2D eigenvalue weighted by molar-refractivity contribution is 6.37. The number of imide groups is 1. The van der Waals surface area contributed by atoms with Gasteiger partial charge in [-0.25, -0.2) is 14.6 Å². The van der Waals surface area contributed by atoms with Crippen LogP contribution in [-0.2, 0) is 0 Å². The van der Waals surface area contributed by atoms with Crippen molar-refractivity contribution in [3.8, 4) is 22.9 Å². The van der Waals surface area contributed by atoms with E-state index < -0.39 is 11.8 Å². The van der Waals surface area contributed by atoms with Crippen molar-refractivity contribution in [2.75, 3.05) is 26.2 Å². The van der Waals surface area contributed by atoms with Crippen molar-refractivity contribution in [2.24, 2.45) is 0 Å². The number of aromatic nitrogens is 3. The van der Waals surface area contributed by atoms with Crippen molar-refractivity contribution in [2.45, 2.75) is 6.92 Å². The summed E-state index contributed by atoms with van der Waals surface area (Å²) in [5.74, 6) is 0.508. The molecule has 0 N–H and O–H groups in total. The molecule has 4 aromatic rings. The van der Waals surface area contributed by atoms with Crippen molar-refractivity contribution in [3.63, 3.8) is 0 Å². The summed E-state index contributed by atoms with van der Waals surface area (Å²) in [7, 11) is 4.56. The molecular weight excluding hydrogens is 424 g/mol. The molecular formula is C24H20N4O5. The number of hydrogen-bond acceptors (Lipinski definition) is 7. The normalized spacial score (nSPS) is 12.9. The monoisotopic (exact) mass is 444 g/mol. The van der Waals surface area contributed by atoms with Gasteiger partial charge in [0.15, 0.2) is 5.65 Å². The number of ether oxygens (including phenoxy) is 3. The van der Waals surface area contributed by atoms with Gasteiger partial charge in [0.2, 0.25) is 0 Å². The Kier molecular flexibility index (Phi) is 4.74. The van der Waals surface area contributed by atoms with Crippen molar-refractivity contribution < 1.29 is 23.8 Å². The van der Waals surface area contributed by atoms with E-state index in [1.54, 1.807) is 36.9 Å². The summed E-state index contributed by atoms with van der Waals surface area (Å²) >= 11 is 0. The molecule has 9 heteroatoms. The largest absolute Gasteiger partial charge is 0.497 e. The Labute approximate surface area is 189 Å². The van der Waals surface area contributed by atoms with Gasteiger partial charge in [-0.2, -0.15) is 5.10 Å². The molecule has 0 unspecified atom stereocenters. The molecule has 166 valence electrons. The quantitative estimate of drug-likeness (QED) is 0.434. The maximum Gasteiger partial charge on any atom is 0.267 e. The molecule has 3 heterocycles. The lowest BCUT2D eigenvalue weighted by atomic mass is 10.1. The van der Waals surface area contributed by atoms with Gasteiger partial charge in [-0.3, -0.25) is 9.59 Å². The third-order valence-corrected chi connectivity index (χ3v) is 5.66. The fourth-order valence-corrected chi connectivity index (χ4v) is 4.12. The molecule has 0 saturated carbocycles. The zero-order chi connectivity index (χ0) is 23.3. The van der Waals surface area contributed by atoms with E-state index in [0.717, 1.165) is 4.90 Å². The SMILES string of the molecule is COc1ccc(OC)c(N2C(=O)c3cnc4c(c(C)nn4-c4ccccc4OC)c3C2=O)c1. The second-order valence-corrected chi connectivity index (χ2v) is 7.40. The Hall–Kier alpha value is -4.40. The Balaban J connectivity index is 1.72. The van der Waals surface area contributed by atoms with Crippen LogP contribution in [0.15, 0.2) is 48.7 Å². The van der Waals surface area contributed by atoms with Gasteiger partial charge in [0.05, 0.1) is 49.2 Å². The summed E-state index contributed by atoms with van der Waals surface area (Å²) in [4.78, 5) is 32.6. The van der Waals surface area contributed by atoms with E-state index in [0.29, 0.717) is 45.4 Å². The topological polar surface area (TPSA) is 95.8 Å². The number of benzene rings is 2. The highest BCUT2D eigenvalue weighted by Crippen LogP contribution is 2.40. The third-order valence-electron chi connectivity index (χ3n) is 5.66. The van der Waals surface area contributed by atoms with Gasteiger partial charge in [0, 0.05) is 12.3 Å². The average molecular weight is 444 g/mol. The van der Waals surface area contributed by atoms with Gasteiger partial charge in [-0.15, -0.1) is 0 Å². The first-order chi connectivity index (χ1) is 16.0. The van der Waals surface area contributed by atoms with E-state index >= 15 is 0 Å². The highest BCUT2D eigenvalue weighted by atomic mass is 16.5. The predicted octanol–water partition coefficient (Wildman–Crippen LogP) is 3.56. The number of pyridine rings is 1. The number of methoxy groups -OCH3 is 3. The van der Waals surface area contributed by atoms with Crippen LogP contribution >= 0.6 is 0 Å². The first kappa shape index (κ1) is 20.5. The minimum Gasteiger partial charge on any atom is -0.497 e. The number of fused-ring (bicyclic) bond motifs is 3. The van der Waals surface area contributed by atoms with Crippen LogP contribution in [-0.4, -0.2) is 47.9 Å². The molecule has 2 aromatic carbocycles. The highest BCUT2D eigenvalue weighted by Gasteiger charge is 2.41. The number of hydrogen-bond donors (Lipinski definition) is 0. The molecule has 0 radical (unpaired) electrons. The van der Waals surface area contributed by atoms with Gasteiger partial charge in [0.1, 0.15) is 22.9 Å². The molecule has 1 aliphatic heterocycles. The number of aryl methyl sites for hydroxylation is 1. The first-order valence-electron chi connectivity index (χ1n) is 10.1. The maximum atomic E-state index is 13.6. The zero-order valence-corrected chi connectivity index (χ0v) is 18.4. The second kappa shape index (κ2) is 7.63. The fourth-order valence-electron chi connectivity index (χ4n) is 4.12. The Morgan fingerprint density at radius 2 is 1.58 bits per heavy atom. The molecule has 2 aromatic heterocycles. The van der Waals surface area contributed by atoms with Crippen LogP contribution in [0.1, 0.15) is 26.4 Å². The van der Waals surface area contributed by atoms with Crippen LogP contribution in [0.2, 0.25) is 0 Å². The minimum absolute atomic E-state index is 0.208. The van der Waals surface area contributed by atoms with Gasteiger partial charge in [0.25, 0.3) is 11.8 Å². The van der Waals surface area contributed by atoms with Crippen LogP contribution in [0, 0.1) is 6.92 Å². The minimum atomic E-state index is -0.486. The summed E-state index contributed by atoms with van der Waals surface area (Å²) in [6, 6.07) is 12.3. The lowest BCUT2D eigenvalue weighted by Crippen LogP contribution is -2.29. The Morgan fingerprint density at radius 1 is 0.848 bits per heavy atom. The molecule has 1 aliphatic rings. The Morgan fingerprint density at radius 3 is 2.30 bits per heavy atom. The molecule has 5 rings (SSSR count). The average Bonchev–Trinajstić information content (AvgIpc) is 3.31. The Bertz CT molecular complexity index is 1440. The first-order valence-corrected chi connectivity index (χ1v) is 10.1. The van der Waals surface area contributed by atoms with E-state index in [-0.39, 0.29) is 11.1 Å². The van der Waals surface area contributed by atoms with Gasteiger partial charge in [-0.1, -0.05) is 12.1 Å². The van der Waals surface area contributed by atoms with Crippen molar-refractivity contribution >= 4 is 28.5 Å². The van der Waals surface area contributed by atoms with Gasteiger partial charge < -0.3 is 14.2 Å². The van der Waals surface area contributed by atoms with Crippen LogP contribution in [0.25, 0.3) is 16.7 Å². The molecule has 9 nitrogen and oxygen atoms in total. The number of rotatable bonds is 5. The molecule has 0 spiro atoms. The molecule has 2 amide bonds. The van der Waals surface area contributed by atoms with Crippen LogP contribution in [0.5, 0.6) is 17.2 Å². The van der Waals surface area contributed by atoms with E-state index in [1.807, 2.05) is 24.3 Å². The zero-order valence-electron chi connectivity index (χ0n) is 18.4. The predicted molar refractivity (Wildman–Crippen MR) is 121 cm³/mol. The van der Waals surface area contributed by atoms with Crippen molar-refractivity contribution in [1.82, 2.24) is 14.8 Å². The lowest BCUT2D eigenvalue weighted by molar-refractivity contribution is 0.0925. The maximum absolute atomic E-state index is 13.6. The van der Waals surface area contributed by atoms with Crippen molar-refractivity contribution in [1.29, 1.82) is 0 Å². The van der Waals surface area contributed by atoms with E-state index in [9.17, 15) is 9.59 Å². The summed E-state index contributed by atoms with van der Waals surface area (Å²) in [6.45, 7) is 1.78. The number of anilines is 1. The van der Waals surface area contributed by atoms with Gasteiger partial charge >= 0.3 is 0 Å². The molecule has 0 aliphatic carbocycles. The summed E-state index contributed by atoms with van der Waals surface area (Å²) < 4.78 is 17.8. The van der Waals surface area contributed by atoms with Crippen LogP contribution < -0.4 is 19.1 Å². The standard InChI is InChI=1S/C24H20N4O5/c1-13-20-21-15(12-25-22(20)28(26-13)16-7-5-6-8-18(16)32-3)23(29)27(24(21)30)17-11-14(31-2)9-10-19(17)33-4/h5-12H,1-4H3. The summed E-state index contributed by atoms with van der Waals surface area (Å²) in [6.07, 6.45) is 1.41. The van der Waals surface area contributed by atoms with Crippen LogP contribution in [0.4, 0.5) is 5.69 Å². The van der Waals surface area contributed by atoms with E-state index in [2.05, 4.69) is 10.1 Å². The van der Waals surface area contributed by atoms with E-state index in [4.69, 9.17) is 14.2 Å². The molecule has 0 saturated heterocycles. The summed E-state index contributed by atoms with van der Waals surface area (Å²) in [5.41, 5.74) is 2.46. The smallest absolute Gasteiger partial charge is 0.267 e. The fraction of sp³-hybridized carbons (Fsp3) is 0.167. The molecule has 0 atom stereocenters. The number of nitrogens with zero attached hydrogens (tertiary/aromatic N) is 4.